The van der Waals surface area contributed by atoms with Gasteiger partial charge in [0.05, 0.1) is 12.6 Å². The van der Waals surface area contributed by atoms with Crippen LogP contribution in [0, 0.1) is 0 Å². The van der Waals surface area contributed by atoms with Gasteiger partial charge in [0.1, 0.15) is 11.5 Å². The fourth-order valence-electron chi connectivity index (χ4n) is 0.999. The van der Waals surface area contributed by atoms with Crippen molar-refractivity contribution < 1.29 is 13.5 Å². The van der Waals surface area contributed by atoms with Crippen LogP contribution in [0.1, 0.15) is 0 Å². The van der Waals surface area contributed by atoms with E-state index >= 15 is 0 Å². The summed E-state index contributed by atoms with van der Waals surface area (Å²) in [5.74, 6) is 0.153. The third-order valence-corrected chi connectivity index (χ3v) is 2.52. The van der Waals surface area contributed by atoms with Crippen LogP contribution in [0.5, 0.6) is 0 Å². The third-order valence-electron chi connectivity index (χ3n) is 1.84. The standard InChI is InChI=1S/C7H13N3O3S/c1-9-5-3-10-7(13-4-5)6(2-8)14(11)12/h2,5,9H,3-4,8H2,1H3,(H,11,12)/t5-/m1/s1. The molecule has 0 aromatic rings. The van der Waals surface area contributed by atoms with E-state index < -0.39 is 11.1 Å². The van der Waals surface area contributed by atoms with E-state index in [4.69, 9.17) is 15.0 Å². The first-order chi connectivity index (χ1) is 6.69. The van der Waals surface area contributed by atoms with Crippen LogP contribution in [-0.2, 0) is 15.8 Å². The Bertz CT molecular complexity index is 290. The highest BCUT2D eigenvalue weighted by molar-refractivity contribution is 7.84. The molecule has 14 heavy (non-hydrogen) atoms. The van der Waals surface area contributed by atoms with E-state index in [9.17, 15) is 4.21 Å². The van der Waals surface area contributed by atoms with Crippen LogP contribution in [-0.4, -0.2) is 40.9 Å². The van der Waals surface area contributed by atoms with Gasteiger partial charge in [0.25, 0.3) is 0 Å². The molecule has 0 aromatic heterocycles. The monoisotopic (exact) mass is 219 g/mol. The molecule has 1 rings (SSSR count). The minimum absolute atomic E-state index is 0.0135. The van der Waals surface area contributed by atoms with Crippen molar-refractivity contribution >= 4 is 17.0 Å². The molecule has 0 bridgehead atoms. The molecule has 2 atom stereocenters. The van der Waals surface area contributed by atoms with Gasteiger partial charge >= 0.3 is 0 Å². The van der Waals surface area contributed by atoms with Crippen molar-refractivity contribution in [1.82, 2.24) is 5.32 Å². The maximum atomic E-state index is 10.8. The van der Waals surface area contributed by atoms with Crippen LogP contribution in [0.15, 0.2) is 16.1 Å². The van der Waals surface area contributed by atoms with Gasteiger partial charge in [-0.25, -0.2) is 9.20 Å². The van der Waals surface area contributed by atoms with Gasteiger partial charge in [0.2, 0.25) is 5.90 Å². The number of nitrogens with zero attached hydrogens (tertiary/aromatic N) is 1. The zero-order valence-corrected chi connectivity index (χ0v) is 8.58. The van der Waals surface area contributed by atoms with Gasteiger partial charge in [-0.15, -0.1) is 0 Å². The van der Waals surface area contributed by atoms with E-state index in [-0.39, 0.29) is 16.8 Å². The van der Waals surface area contributed by atoms with Gasteiger partial charge in [-0.2, -0.15) is 0 Å². The molecule has 6 nitrogen and oxygen atoms in total. The van der Waals surface area contributed by atoms with Crippen molar-refractivity contribution in [2.24, 2.45) is 10.7 Å². The number of hydrogen-bond donors (Lipinski definition) is 3. The second-order valence-corrected chi connectivity index (χ2v) is 3.66. The molecule has 7 heteroatoms. The summed E-state index contributed by atoms with van der Waals surface area (Å²) in [6.45, 7) is 0.935. The van der Waals surface area contributed by atoms with Crippen molar-refractivity contribution in [1.29, 1.82) is 0 Å². The van der Waals surface area contributed by atoms with E-state index in [0.29, 0.717) is 13.2 Å². The fourth-order valence-corrected chi connectivity index (χ4v) is 1.39. The van der Waals surface area contributed by atoms with E-state index in [1.54, 1.807) is 7.05 Å². The maximum absolute atomic E-state index is 10.8. The van der Waals surface area contributed by atoms with Crippen LogP contribution in [0.2, 0.25) is 0 Å². The normalized spacial score (nSPS) is 25.1. The first kappa shape index (κ1) is 11.2. The lowest BCUT2D eigenvalue weighted by Gasteiger charge is -2.21. The Hall–Kier alpha value is -0.920. The number of nitrogens with two attached hydrogens (primary N) is 1. The Kier molecular flexibility index (Phi) is 4.05. The average Bonchev–Trinajstić information content (AvgIpc) is 2.19. The Morgan fingerprint density at radius 2 is 2.64 bits per heavy atom. The summed E-state index contributed by atoms with van der Waals surface area (Å²) in [6.07, 6.45) is 1.04. The summed E-state index contributed by atoms with van der Waals surface area (Å²) in [5, 5.41) is 2.99. The minimum atomic E-state index is -2.15. The van der Waals surface area contributed by atoms with Gasteiger partial charge in [-0.1, -0.05) is 0 Å². The van der Waals surface area contributed by atoms with Gasteiger partial charge in [-0.05, 0) is 7.05 Å². The highest BCUT2D eigenvalue weighted by Crippen LogP contribution is 2.08. The van der Waals surface area contributed by atoms with Crippen LogP contribution >= 0.6 is 0 Å². The molecule has 0 fully saturated rings. The van der Waals surface area contributed by atoms with E-state index in [2.05, 4.69) is 10.3 Å². The molecule has 0 saturated heterocycles. The van der Waals surface area contributed by atoms with Crippen LogP contribution in [0.3, 0.4) is 0 Å². The van der Waals surface area contributed by atoms with E-state index in [1.807, 2.05) is 0 Å². The Morgan fingerprint density at radius 3 is 3.00 bits per heavy atom. The van der Waals surface area contributed by atoms with Crippen LogP contribution in [0.4, 0.5) is 0 Å². The highest BCUT2D eigenvalue weighted by atomic mass is 32.2. The number of hydrogen-bond acceptors (Lipinski definition) is 5. The number of aliphatic imine (C=N–C) groups is 1. The van der Waals surface area contributed by atoms with Crippen LogP contribution < -0.4 is 11.1 Å². The summed E-state index contributed by atoms with van der Waals surface area (Å²) in [4.78, 5) is 4.02. The lowest BCUT2D eigenvalue weighted by molar-refractivity contribution is 0.244. The second kappa shape index (κ2) is 5.08. The zero-order valence-electron chi connectivity index (χ0n) is 7.77. The molecular weight excluding hydrogens is 206 g/mol. The molecule has 0 aromatic carbocycles. The number of rotatable bonds is 3. The van der Waals surface area contributed by atoms with Crippen molar-refractivity contribution in [2.75, 3.05) is 20.2 Å². The summed E-state index contributed by atoms with van der Waals surface area (Å²) >= 11 is -2.15. The van der Waals surface area contributed by atoms with Crippen molar-refractivity contribution in [3.8, 4) is 0 Å². The Balaban J connectivity index is 2.71. The zero-order chi connectivity index (χ0) is 10.6. The topological polar surface area (TPSA) is 96.9 Å². The SMILES string of the molecule is CN[C@@H]1CN=C(C(=CN)S(=O)O)OC1. The largest absolute Gasteiger partial charge is 0.475 e. The molecule has 4 N–H and O–H groups in total. The van der Waals surface area contributed by atoms with E-state index in [1.165, 1.54) is 0 Å². The smallest absolute Gasteiger partial charge is 0.229 e. The molecular formula is C7H13N3O3S. The predicted octanol–water partition coefficient (Wildman–Crippen LogP) is -0.975. The average molecular weight is 219 g/mol. The minimum Gasteiger partial charge on any atom is -0.475 e. The molecule has 80 valence electrons. The first-order valence-electron chi connectivity index (χ1n) is 4.06. The van der Waals surface area contributed by atoms with Gasteiger partial charge in [0, 0.05) is 6.20 Å². The summed E-state index contributed by atoms with van der Waals surface area (Å²) in [7, 11) is 1.80. The summed E-state index contributed by atoms with van der Waals surface area (Å²) < 4.78 is 24.8. The molecule has 0 aliphatic carbocycles. The highest BCUT2D eigenvalue weighted by Gasteiger charge is 2.20. The predicted molar refractivity (Wildman–Crippen MR) is 54.1 cm³/mol. The molecule has 1 heterocycles. The second-order valence-electron chi connectivity index (χ2n) is 2.72. The van der Waals surface area contributed by atoms with Gasteiger partial charge in [0.15, 0.2) is 11.1 Å². The summed E-state index contributed by atoms with van der Waals surface area (Å²) in [6, 6.07) is 0.143. The fraction of sp³-hybridized carbons (Fsp3) is 0.571. The molecule has 0 radical (unpaired) electrons. The molecule has 1 aliphatic heterocycles. The third kappa shape index (κ3) is 2.53. The molecule has 1 unspecified atom stereocenters. The van der Waals surface area contributed by atoms with Crippen molar-refractivity contribution in [3.63, 3.8) is 0 Å². The maximum Gasteiger partial charge on any atom is 0.229 e. The first-order valence-corrected chi connectivity index (χ1v) is 5.17. The Labute approximate surface area is 84.5 Å². The quantitative estimate of drug-likeness (QED) is 0.530. The lowest BCUT2D eigenvalue weighted by Crippen LogP contribution is -2.38. The molecule has 1 aliphatic rings. The number of nitrogens with one attached hydrogen (secondary N) is 1. The van der Waals surface area contributed by atoms with Crippen molar-refractivity contribution in [2.45, 2.75) is 6.04 Å². The lowest BCUT2D eigenvalue weighted by atomic mass is 10.3. The van der Waals surface area contributed by atoms with Crippen molar-refractivity contribution in [3.05, 3.63) is 11.1 Å². The molecule has 0 saturated carbocycles. The summed E-state index contributed by atoms with van der Waals surface area (Å²) in [5.41, 5.74) is 5.18. The molecule has 0 amide bonds. The van der Waals surface area contributed by atoms with Gasteiger partial charge < -0.3 is 20.3 Å². The Morgan fingerprint density at radius 1 is 1.93 bits per heavy atom. The van der Waals surface area contributed by atoms with Crippen LogP contribution in [0.25, 0.3) is 0 Å². The van der Waals surface area contributed by atoms with Gasteiger partial charge in [-0.3, -0.25) is 0 Å². The number of ether oxygens (including phenoxy) is 1. The van der Waals surface area contributed by atoms with E-state index in [0.717, 1.165) is 6.20 Å². The molecule has 0 spiro atoms. The number of likely N-dealkylation sites (N-methyl/N-ethyl adjacent to an activating group) is 1.